The van der Waals surface area contributed by atoms with E-state index in [1.807, 2.05) is 6.07 Å². The number of ether oxygens (including phenoxy) is 1. The fourth-order valence-corrected chi connectivity index (χ4v) is 5.23. The van der Waals surface area contributed by atoms with Crippen molar-refractivity contribution < 1.29 is 13.2 Å². The van der Waals surface area contributed by atoms with Crippen LogP contribution in [0.4, 0.5) is 11.5 Å². The molecule has 2 saturated heterocycles. The highest BCUT2D eigenvalue weighted by molar-refractivity contribution is 7.89. The lowest BCUT2D eigenvalue weighted by Crippen LogP contribution is -2.41. The quantitative estimate of drug-likeness (QED) is 0.807. The van der Waals surface area contributed by atoms with Gasteiger partial charge in [-0.25, -0.2) is 13.4 Å². The first-order valence-corrected chi connectivity index (χ1v) is 11.6. The van der Waals surface area contributed by atoms with Gasteiger partial charge in [0.05, 0.1) is 13.2 Å². The molecule has 2 fully saturated rings. The highest BCUT2D eigenvalue weighted by Gasteiger charge is 2.27. The SMILES string of the molecule is Cc1cccc(NC2CCN(c3ccc(S(=O)(=O)N4CCOCC4)cn3)CC2)c1. The van der Waals surface area contributed by atoms with E-state index in [1.54, 1.807) is 6.07 Å². The number of nitrogens with zero attached hydrogens (tertiary/aromatic N) is 3. The van der Waals surface area contributed by atoms with Gasteiger partial charge in [-0.05, 0) is 49.6 Å². The Kier molecular flexibility index (Phi) is 6.03. The molecule has 0 radical (unpaired) electrons. The van der Waals surface area contributed by atoms with Crippen LogP contribution in [0.2, 0.25) is 0 Å². The standard InChI is InChI=1S/C21H28N4O3S/c1-17-3-2-4-19(15-17)23-18-7-9-24(10-8-18)21-6-5-20(16-22-21)29(26,27)25-11-13-28-14-12-25/h2-6,15-16,18,23H,7-14H2,1H3. The predicted molar refractivity (Wildman–Crippen MR) is 114 cm³/mol. The van der Waals surface area contributed by atoms with E-state index >= 15 is 0 Å². The number of nitrogens with one attached hydrogen (secondary N) is 1. The van der Waals surface area contributed by atoms with E-state index in [1.165, 1.54) is 21.8 Å². The Morgan fingerprint density at radius 2 is 1.83 bits per heavy atom. The molecular formula is C21H28N4O3S. The van der Waals surface area contributed by atoms with Gasteiger partial charge in [0.2, 0.25) is 10.0 Å². The maximum absolute atomic E-state index is 12.7. The normalized spacial score (nSPS) is 19.3. The van der Waals surface area contributed by atoms with E-state index in [-0.39, 0.29) is 4.90 Å². The van der Waals surface area contributed by atoms with Gasteiger partial charge in [-0.1, -0.05) is 12.1 Å². The van der Waals surface area contributed by atoms with Crippen LogP contribution in [0.3, 0.4) is 0 Å². The van der Waals surface area contributed by atoms with Crippen molar-refractivity contribution in [1.29, 1.82) is 0 Å². The third-order valence-corrected chi connectivity index (χ3v) is 7.42. The number of hydrogen-bond donors (Lipinski definition) is 1. The highest BCUT2D eigenvalue weighted by Crippen LogP contribution is 2.23. The summed E-state index contributed by atoms with van der Waals surface area (Å²) in [5, 5.41) is 3.62. The van der Waals surface area contributed by atoms with Crippen molar-refractivity contribution in [3.63, 3.8) is 0 Å². The smallest absolute Gasteiger partial charge is 0.244 e. The number of benzene rings is 1. The summed E-state index contributed by atoms with van der Waals surface area (Å²) in [5.41, 5.74) is 2.42. The number of hydrogen-bond acceptors (Lipinski definition) is 6. The minimum atomic E-state index is -3.49. The molecule has 1 N–H and O–H groups in total. The second-order valence-electron chi connectivity index (χ2n) is 7.64. The highest BCUT2D eigenvalue weighted by atomic mass is 32.2. The Hall–Kier alpha value is -2.16. The molecule has 2 aliphatic heterocycles. The maximum atomic E-state index is 12.7. The largest absolute Gasteiger partial charge is 0.382 e. The number of piperidine rings is 1. The van der Waals surface area contributed by atoms with Crippen LogP contribution in [0.5, 0.6) is 0 Å². The first kappa shape index (κ1) is 20.1. The molecule has 7 nitrogen and oxygen atoms in total. The number of anilines is 2. The van der Waals surface area contributed by atoms with Crippen molar-refractivity contribution in [2.45, 2.75) is 30.7 Å². The molecule has 1 aromatic carbocycles. The van der Waals surface area contributed by atoms with Crippen molar-refractivity contribution in [2.75, 3.05) is 49.6 Å². The minimum Gasteiger partial charge on any atom is -0.382 e. The van der Waals surface area contributed by atoms with Crippen molar-refractivity contribution in [3.05, 3.63) is 48.2 Å². The summed E-state index contributed by atoms with van der Waals surface area (Å²) in [4.78, 5) is 6.92. The minimum absolute atomic E-state index is 0.249. The summed E-state index contributed by atoms with van der Waals surface area (Å²) in [7, 11) is -3.49. The predicted octanol–water partition coefficient (Wildman–Crippen LogP) is 2.49. The summed E-state index contributed by atoms with van der Waals surface area (Å²) < 4.78 is 32.2. The molecule has 3 heterocycles. The molecule has 2 aliphatic rings. The molecular weight excluding hydrogens is 388 g/mol. The molecule has 156 valence electrons. The molecule has 0 bridgehead atoms. The Labute approximate surface area is 172 Å². The van der Waals surface area contributed by atoms with Crippen LogP contribution >= 0.6 is 0 Å². The van der Waals surface area contributed by atoms with Gasteiger partial charge in [-0.2, -0.15) is 4.31 Å². The van der Waals surface area contributed by atoms with Crippen LogP contribution in [-0.2, 0) is 14.8 Å². The van der Waals surface area contributed by atoms with Crippen LogP contribution in [-0.4, -0.2) is 63.1 Å². The summed E-state index contributed by atoms with van der Waals surface area (Å²) in [5.74, 6) is 0.833. The van der Waals surface area contributed by atoms with Gasteiger partial charge >= 0.3 is 0 Å². The van der Waals surface area contributed by atoms with Crippen molar-refractivity contribution in [1.82, 2.24) is 9.29 Å². The zero-order valence-corrected chi connectivity index (χ0v) is 17.6. The van der Waals surface area contributed by atoms with Crippen LogP contribution in [0.15, 0.2) is 47.5 Å². The molecule has 0 saturated carbocycles. The number of rotatable bonds is 5. The number of pyridine rings is 1. The summed E-state index contributed by atoms with van der Waals surface area (Å²) in [6.07, 6.45) is 3.52. The molecule has 0 aliphatic carbocycles. The lowest BCUT2D eigenvalue weighted by Gasteiger charge is -2.33. The van der Waals surface area contributed by atoms with E-state index in [2.05, 4.69) is 46.4 Å². The van der Waals surface area contributed by atoms with Gasteiger partial charge in [-0.3, -0.25) is 0 Å². The van der Waals surface area contributed by atoms with E-state index in [0.717, 1.165) is 31.7 Å². The number of aryl methyl sites for hydroxylation is 1. The van der Waals surface area contributed by atoms with Gasteiger partial charge in [0.15, 0.2) is 0 Å². The van der Waals surface area contributed by atoms with E-state index < -0.39 is 10.0 Å². The Bertz CT molecular complexity index is 919. The van der Waals surface area contributed by atoms with Crippen molar-refractivity contribution in [2.24, 2.45) is 0 Å². The summed E-state index contributed by atoms with van der Waals surface area (Å²) in [6.45, 7) is 5.56. The van der Waals surface area contributed by atoms with Crippen LogP contribution < -0.4 is 10.2 Å². The third kappa shape index (κ3) is 4.71. The van der Waals surface area contributed by atoms with Crippen molar-refractivity contribution >= 4 is 21.5 Å². The molecule has 29 heavy (non-hydrogen) atoms. The zero-order valence-electron chi connectivity index (χ0n) is 16.8. The van der Waals surface area contributed by atoms with E-state index in [9.17, 15) is 8.42 Å². The molecule has 0 atom stereocenters. The van der Waals surface area contributed by atoms with E-state index in [4.69, 9.17) is 4.74 Å². The fourth-order valence-electron chi connectivity index (χ4n) is 3.87. The van der Waals surface area contributed by atoms with Gasteiger partial charge in [-0.15, -0.1) is 0 Å². The molecule has 2 aromatic rings. The molecule has 4 rings (SSSR count). The Morgan fingerprint density at radius 3 is 2.48 bits per heavy atom. The average Bonchev–Trinajstić information content (AvgIpc) is 2.75. The van der Waals surface area contributed by atoms with Gasteiger partial charge in [0.25, 0.3) is 0 Å². The molecule has 8 heteroatoms. The first-order chi connectivity index (χ1) is 14.0. The van der Waals surface area contributed by atoms with Gasteiger partial charge < -0.3 is 15.0 Å². The second kappa shape index (κ2) is 8.69. The van der Waals surface area contributed by atoms with Gasteiger partial charge in [0.1, 0.15) is 10.7 Å². The van der Waals surface area contributed by atoms with Gasteiger partial charge in [0, 0.05) is 44.1 Å². The Morgan fingerprint density at radius 1 is 1.07 bits per heavy atom. The topological polar surface area (TPSA) is 74.8 Å². The summed E-state index contributed by atoms with van der Waals surface area (Å²) in [6, 6.07) is 12.4. The fraction of sp³-hybridized carbons (Fsp3) is 0.476. The molecule has 0 spiro atoms. The van der Waals surface area contributed by atoms with Crippen LogP contribution in [0, 0.1) is 6.92 Å². The van der Waals surface area contributed by atoms with Crippen LogP contribution in [0.1, 0.15) is 18.4 Å². The number of morpholine rings is 1. The third-order valence-electron chi connectivity index (χ3n) is 5.54. The molecule has 0 amide bonds. The summed E-state index contributed by atoms with van der Waals surface area (Å²) >= 11 is 0. The van der Waals surface area contributed by atoms with Crippen molar-refractivity contribution in [3.8, 4) is 0 Å². The molecule has 0 unspecified atom stereocenters. The number of aromatic nitrogens is 1. The van der Waals surface area contributed by atoms with E-state index in [0.29, 0.717) is 32.3 Å². The average molecular weight is 417 g/mol. The maximum Gasteiger partial charge on any atom is 0.244 e. The number of sulfonamides is 1. The Balaban J connectivity index is 1.35. The zero-order chi connectivity index (χ0) is 20.3. The van der Waals surface area contributed by atoms with Crippen LogP contribution in [0.25, 0.3) is 0 Å². The first-order valence-electron chi connectivity index (χ1n) is 10.1. The lowest BCUT2D eigenvalue weighted by atomic mass is 10.0. The second-order valence-corrected chi connectivity index (χ2v) is 9.58. The monoisotopic (exact) mass is 416 g/mol. The lowest BCUT2D eigenvalue weighted by molar-refractivity contribution is 0.0730. The molecule has 1 aromatic heterocycles.